The van der Waals surface area contributed by atoms with E-state index in [2.05, 4.69) is 158 Å². The summed E-state index contributed by atoms with van der Waals surface area (Å²) in [6.45, 7) is 16.6. The number of hydrogen-bond acceptors (Lipinski definition) is 0. The van der Waals surface area contributed by atoms with Crippen LogP contribution in [0.25, 0.3) is 43.8 Å². The van der Waals surface area contributed by atoms with Crippen molar-refractivity contribution >= 4 is 53.2 Å². The van der Waals surface area contributed by atoms with Gasteiger partial charge in [-0.15, -0.1) is 93.9 Å². The maximum atomic E-state index is 3.06. The minimum absolute atomic E-state index is 0. The van der Waals surface area contributed by atoms with Crippen LogP contribution in [0, 0.1) is 21.8 Å². The molecule has 0 nitrogen and oxygen atoms in total. The van der Waals surface area contributed by atoms with Gasteiger partial charge in [0.25, 0.3) is 0 Å². The first kappa shape index (κ1) is 46.8. The van der Waals surface area contributed by atoms with Crippen LogP contribution in [0.4, 0.5) is 0 Å². The van der Waals surface area contributed by atoms with E-state index in [-0.39, 0.29) is 45.1 Å². The van der Waals surface area contributed by atoms with E-state index < -0.39 is 0 Å². The molecule has 0 saturated heterocycles. The van der Waals surface area contributed by atoms with Crippen molar-refractivity contribution in [2.24, 2.45) is 0 Å². The number of aryl methyl sites for hydroxylation is 1. The first-order chi connectivity index (χ1) is 22.7. The van der Waals surface area contributed by atoms with Crippen LogP contribution < -0.4 is 0 Å². The summed E-state index contributed by atoms with van der Waals surface area (Å²) in [5, 5.41) is 5.47. The van der Waals surface area contributed by atoms with E-state index in [1.54, 1.807) is 0 Å². The zero-order chi connectivity index (χ0) is 33.6. The molecule has 6 aromatic carbocycles. The van der Waals surface area contributed by atoms with Gasteiger partial charge in [-0.05, 0) is 52.3 Å². The van der Waals surface area contributed by atoms with Gasteiger partial charge < -0.3 is 14.9 Å². The van der Waals surface area contributed by atoms with E-state index in [4.69, 9.17) is 0 Å². The average Bonchev–Trinajstić information content (AvgIpc) is 3.72. The van der Waals surface area contributed by atoms with Crippen molar-refractivity contribution in [1.29, 1.82) is 0 Å². The minimum atomic E-state index is 0. The first-order valence-electron chi connectivity index (χ1n) is 17.5. The van der Waals surface area contributed by atoms with Gasteiger partial charge in [0.2, 0.25) is 0 Å². The van der Waals surface area contributed by atoms with Crippen LogP contribution in [0.2, 0.25) is 0 Å². The van der Waals surface area contributed by atoms with Crippen molar-refractivity contribution in [3.63, 3.8) is 0 Å². The fourth-order valence-corrected chi connectivity index (χ4v) is 7.19. The molecule has 1 atom stereocenters. The van der Waals surface area contributed by atoms with Crippen LogP contribution in [0.5, 0.6) is 0 Å². The van der Waals surface area contributed by atoms with E-state index in [9.17, 15) is 0 Å². The summed E-state index contributed by atoms with van der Waals surface area (Å²) in [6.07, 6.45) is 8.16. The van der Waals surface area contributed by atoms with E-state index in [0.717, 1.165) is 5.92 Å². The third kappa shape index (κ3) is 11.4. The molecule has 51 heavy (non-hydrogen) atoms. The summed E-state index contributed by atoms with van der Waals surface area (Å²) in [5.41, 5.74) is 11.3. The molecular weight excluding hydrogens is 755 g/mol. The first-order valence-corrected chi connectivity index (χ1v) is 21.7. The quantitative estimate of drug-likeness (QED) is 0.120. The fraction of sp³-hybridized carbons (Fsp3) is 0.319. The third-order valence-electron chi connectivity index (χ3n) is 10.2. The van der Waals surface area contributed by atoms with E-state index in [0.29, 0.717) is 5.92 Å². The predicted molar refractivity (Wildman–Crippen MR) is 231 cm³/mol. The van der Waals surface area contributed by atoms with Gasteiger partial charge in [-0.2, -0.15) is 12.1 Å². The molecule has 0 aliphatic heterocycles. The van der Waals surface area contributed by atoms with Crippen molar-refractivity contribution in [3.05, 3.63) is 146 Å². The van der Waals surface area contributed by atoms with Crippen molar-refractivity contribution in [2.75, 3.05) is 0 Å². The average molecular weight is 813 g/mol. The Morgan fingerprint density at radius 1 is 0.706 bits per heavy atom. The fourth-order valence-electron chi connectivity index (χ4n) is 7.19. The second-order valence-electron chi connectivity index (χ2n) is 14.5. The van der Waals surface area contributed by atoms with Gasteiger partial charge in [-0.3, -0.25) is 0 Å². The van der Waals surface area contributed by atoms with Gasteiger partial charge in [0.1, 0.15) is 0 Å². The Labute approximate surface area is 340 Å². The Balaban J connectivity index is 0.000000453. The van der Waals surface area contributed by atoms with E-state index >= 15 is 0 Å². The summed E-state index contributed by atoms with van der Waals surface area (Å²) < 4.78 is 0. The summed E-state index contributed by atoms with van der Waals surface area (Å²) in [4.78, 5) is 0. The number of rotatable bonds is 5. The van der Waals surface area contributed by atoms with E-state index in [1.165, 1.54) is 128 Å². The van der Waals surface area contributed by atoms with Gasteiger partial charge in [0.15, 0.2) is 0 Å². The normalized spacial score (nSPS) is 13.1. The second kappa shape index (κ2) is 21.5. The molecule has 2 radical (unpaired) electrons. The van der Waals surface area contributed by atoms with Crippen LogP contribution in [0.1, 0.15) is 107 Å². The molecule has 0 spiro atoms. The standard InChI is InChI=1S/C23H27.C22H23.2CH3.2ClH.Si.Zr/c1-6-16(2)19-14-18-8-7-9-21(22(18)15-19)17-10-12-20(13-11-17)23(3,4)5;1-16-14-20-8-5-9-21(22(20)15-16)19-12-10-18(11-13-19)17-6-3-2-4-7-17;;;;;;/h7-16H,6H2,1-5H3;5,8-15,17H,2-4,6-7H2,1H3;2*1H3;2*1H;;/q4*-1;;;;. The zero-order valence-corrected chi connectivity index (χ0v) is 37.2. The molecule has 1 saturated carbocycles. The number of fused-ring (bicyclic) bond motifs is 2. The van der Waals surface area contributed by atoms with Crippen LogP contribution in [-0.4, -0.2) is 6.88 Å². The van der Waals surface area contributed by atoms with Crippen LogP contribution in [0.3, 0.4) is 0 Å². The monoisotopic (exact) mass is 810 g/mol. The van der Waals surface area contributed by atoms with Crippen LogP contribution >= 0.6 is 24.8 Å². The Morgan fingerprint density at radius 2 is 1.20 bits per heavy atom. The summed E-state index contributed by atoms with van der Waals surface area (Å²) in [6, 6.07) is 41.0. The molecule has 0 amide bonds. The van der Waals surface area contributed by atoms with Crippen molar-refractivity contribution in [3.8, 4) is 22.3 Å². The molecule has 1 aliphatic carbocycles. The molecule has 6 aromatic rings. The van der Waals surface area contributed by atoms with Crippen molar-refractivity contribution in [2.45, 2.75) is 97.3 Å². The number of hydrogen-bond donors (Lipinski definition) is 0. The maximum absolute atomic E-state index is 3.06. The van der Waals surface area contributed by atoms with Gasteiger partial charge in [-0.25, -0.2) is 0 Å². The summed E-state index contributed by atoms with van der Waals surface area (Å²) >= 11 is 1.36. The third-order valence-corrected chi connectivity index (χ3v) is 10.2. The topological polar surface area (TPSA) is 0 Å². The Kier molecular flexibility index (Phi) is 19.7. The summed E-state index contributed by atoms with van der Waals surface area (Å²) in [5.74, 6) is 1.42. The van der Waals surface area contributed by atoms with E-state index in [1.807, 2.05) is 0 Å². The van der Waals surface area contributed by atoms with Gasteiger partial charge in [0, 0.05) is 0 Å². The number of benzene rings is 4. The molecule has 0 N–H and O–H groups in total. The second-order valence-corrected chi connectivity index (χ2v) is 14.5. The van der Waals surface area contributed by atoms with Gasteiger partial charge >= 0.3 is 30.2 Å². The van der Waals surface area contributed by atoms with Gasteiger partial charge in [-0.1, -0.05) is 139 Å². The molecule has 0 bridgehead atoms. The molecule has 0 heterocycles. The molecule has 4 heteroatoms. The molecule has 1 aliphatic rings. The van der Waals surface area contributed by atoms with Crippen molar-refractivity contribution in [1.82, 2.24) is 0 Å². The molecule has 0 aromatic heterocycles. The Bertz CT molecular complexity index is 1880. The molecule has 1 fully saturated rings. The predicted octanol–water partition coefficient (Wildman–Crippen LogP) is 15.0. The SMILES string of the molecule is CCC(C)c1cc2c(-c3ccc(C(C)(C)C)cc3)cccc2[cH-]1.Cc1cc2c(-c3ccc(C4CCCCC4)cc3)cccc2[cH-]1.Cl.Cl.[CH3-].[CH3-].[Si]=[Zr]. The van der Waals surface area contributed by atoms with Gasteiger partial charge in [0.05, 0.1) is 0 Å². The molecule has 1 unspecified atom stereocenters. The van der Waals surface area contributed by atoms with Crippen LogP contribution in [0.15, 0.2) is 109 Å². The molecule has 272 valence electrons. The Hall–Kier alpha value is -2.22. The Morgan fingerprint density at radius 3 is 1.71 bits per heavy atom. The molecular formula is C47H58Cl2SiZr-4. The zero-order valence-electron chi connectivity index (χ0n) is 32.1. The summed E-state index contributed by atoms with van der Waals surface area (Å²) in [7, 11) is 0. The van der Waals surface area contributed by atoms with Crippen molar-refractivity contribution < 1.29 is 23.3 Å². The molecule has 7 rings (SSSR count). The van der Waals surface area contributed by atoms with Crippen LogP contribution in [-0.2, 0) is 28.8 Å². The number of halogens is 2.